The SMILES string of the molecule is CCn1c(=NC(=O)c2ccc(S(=O)(=O)N(C)C3CC3)cc2)sc2cc(Br)ccc21. The minimum atomic E-state index is -3.52. The lowest BCUT2D eigenvalue weighted by molar-refractivity contribution is 0.0997. The molecule has 2 aromatic carbocycles. The predicted molar refractivity (Wildman–Crippen MR) is 117 cm³/mol. The van der Waals surface area contributed by atoms with Crippen molar-refractivity contribution in [2.45, 2.75) is 37.2 Å². The molecule has 0 spiro atoms. The number of aromatic nitrogens is 1. The van der Waals surface area contributed by atoms with Crippen LogP contribution >= 0.6 is 27.3 Å². The summed E-state index contributed by atoms with van der Waals surface area (Å²) in [4.78, 5) is 17.8. The maximum atomic E-state index is 12.7. The van der Waals surface area contributed by atoms with Crippen molar-refractivity contribution in [3.63, 3.8) is 0 Å². The molecule has 4 rings (SSSR count). The van der Waals surface area contributed by atoms with Crippen LogP contribution in [0.1, 0.15) is 30.1 Å². The number of aryl methyl sites for hydroxylation is 1. The molecule has 1 aliphatic carbocycles. The number of amides is 1. The maximum absolute atomic E-state index is 12.7. The van der Waals surface area contributed by atoms with Crippen LogP contribution in [0.5, 0.6) is 0 Å². The van der Waals surface area contributed by atoms with Crippen LogP contribution in [0, 0.1) is 0 Å². The Morgan fingerprint density at radius 3 is 2.55 bits per heavy atom. The van der Waals surface area contributed by atoms with Crippen LogP contribution in [0.2, 0.25) is 0 Å². The Labute approximate surface area is 181 Å². The van der Waals surface area contributed by atoms with Crippen molar-refractivity contribution in [3.8, 4) is 0 Å². The van der Waals surface area contributed by atoms with Gasteiger partial charge in [0.15, 0.2) is 4.80 Å². The molecule has 1 fully saturated rings. The molecular formula is C20H20BrN3O3S2. The zero-order valence-electron chi connectivity index (χ0n) is 16.0. The molecule has 0 saturated heterocycles. The molecule has 0 bridgehead atoms. The van der Waals surface area contributed by atoms with Gasteiger partial charge in [0.05, 0.1) is 15.1 Å². The number of hydrogen-bond donors (Lipinski definition) is 0. The van der Waals surface area contributed by atoms with Crippen molar-refractivity contribution in [1.29, 1.82) is 0 Å². The highest BCUT2D eigenvalue weighted by atomic mass is 79.9. The van der Waals surface area contributed by atoms with E-state index in [9.17, 15) is 13.2 Å². The molecule has 1 aromatic heterocycles. The van der Waals surface area contributed by atoms with Crippen molar-refractivity contribution < 1.29 is 13.2 Å². The lowest BCUT2D eigenvalue weighted by Crippen LogP contribution is -2.28. The molecule has 6 nitrogen and oxygen atoms in total. The van der Waals surface area contributed by atoms with Crippen LogP contribution in [-0.2, 0) is 16.6 Å². The molecule has 29 heavy (non-hydrogen) atoms. The highest BCUT2D eigenvalue weighted by Gasteiger charge is 2.35. The lowest BCUT2D eigenvalue weighted by Gasteiger charge is -2.16. The molecule has 1 saturated carbocycles. The minimum absolute atomic E-state index is 0.0915. The predicted octanol–water partition coefficient (Wildman–Crippen LogP) is 4.01. The van der Waals surface area contributed by atoms with Crippen LogP contribution in [0.4, 0.5) is 0 Å². The van der Waals surface area contributed by atoms with E-state index >= 15 is 0 Å². The smallest absolute Gasteiger partial charge is 0.279 e. The van der Waals surface area contributed by atoms with Crippen molar-refractivity contribution in [2.75, 3.05) is 7.05 Å². The number of rotatable bonds is 5. The number of thiazole rings is 1. The average molecular weight is 494 g/mol. The molecular weight excluding hydrogens is 474 g/mol. The fourth-order valence-electron chi connectivity index (χ4n) is 3.16. The molecule has 9 heteroatoms. The van der Waals surface area contributed by atoms with Crippen molar-refractivity contribution >= 4 is 53.4 Å². The van der Waals surface area contributed by atoms with E-state index in [0.29, 0.717) is 16.9 Å². The molecule has 0 unspecified atom stereocenters. The van der Waals surface area contributed by atoms with E-state index in [4.69, 9.17) is 0 Å². The number of benzene rings is 2. The molecule has 1 heterocycles. The normalized spacial score (nSPS) is 15.4. The average Bonchev–Trinajstić information content (AvgIpc) is 3.49. The van der Waals surface area contributed by atoms with Gasteiger partial charge in [-0.1, -0.05) is 27.3 Å². The van der Waals surface area contributed by atoms with E-state index in [2.05, 4.69) is 20.9 Å². The standard InChI is InChI=1S/C20H20BrN3O3S2/c1-3-24-17-11-6-14(21)12-18(17)28-20(24)22-19(25)13-4-9-16(10-5-13)29(26,27)23(2)15-7-8-15/h4-6,9-12,15H,3,7-8H2,1-2H3. The van der Waals surface area contributed by atoms with Gasteiger partial charge in [-0.15, -0.1) is 0 Å². The summed E-state index contributed by atoms with van der Waals surface area (Å²) < 4.78 is 30.6. The van der Waals surface area contributed by atoms with E-state index in [1.807, 2.05) is 29.7 Å². The van der Waals surface area contributed by atoms with Gasteiger partial charge in [-0.05, 0) is 62.2 Å². The highest BCUT2D eigenvalue weighted by Crippen LogP contribution is 2.30. The van der Waals surface area contributed by atoms with Gasteiger partial charge in [0, 0.05) is 29.7 Å². The summed E-state index contributed by atoms with van der Waals surface area (Å²) in [6.45, 7) is 2.70. The molecule has 0 atom stereocenters. The number of carbonyl (C=O) groups is 1. The van der Waals surface area contributed by atoms with E-state index in [-0.39, 0.29) is 10.9 Å². The Morgan fingerprint density at radius 1 is 1.24 bits per heavy atom. The maximum Gasteiger partial charge on any atom is 0.279 e. The zero-order valence-corrected chi connectivity index (χ0v) is 19.2. The van der Waals surface area contributed by atoms with Gasteiger partial charge in [-0.25, -0.2) is 8.42 Å². The van der Waals surface area contributed by atoms with Gasteiger partial charge in [-0.3, -0.25) is 4.79 Å². The Kier molecular flexibility index (Phi) is 5.50. The zero-order chi connectivity index (χ0) is 20.8. The van der Waals surface area contributed by atoms with E-state index < -0.39 is 15.9 Å². The minimum Gasteiger partial charge on any atom is -0.317 e. The number of nitrogens with zero attached hydrogens (tertiary/aromatic N) is 3. The second-order valence-electron chi connectivity index (χ2n) is 6.93. The van der Waals surface area contributed by atoms with Crippen LogP contribution in [0.15, 0.2) is 56.8 Å². The summed E-state index contributed by atoms with van der Waals surface area (Å²) in [6.07, 6.45) is 1.79. The number of halogens is 1. The molecule has 0 radical (unpaired) electrons. The quantitative estimate of drug-likeness (QED) is 0.538. The Hall–Kier alpha value is -1.81. The summed E-state index contributed by atoms with van der Waals surface area (Å²) in [5.41, 5.74) is 1.39. The first-order valence-corrected chi connectivity index (χ1v) is 12.3. The van der Waals surface area contributed by atoms with Crippen LogP contribution in [0.25, 0.3) is 10.2 Å². The fourth-order valence-corrected chi connectivity index (χ4v) is 6.22. The van der Waals surface area contributed by atoms with Gasteiger partial charge >= 0.3 is 0 Å². The largest absolute Gasteiger partial charge is 0.317 e. The number of fused-ring (bicyclic) bond motifs is 1. The Balaban J connectivity index is 1.66. The van der Waals surface area contributed by atoms with Gasteiger partial charge in [0.1, 0.15) is 0 Å². The van der Waals surface area contributed by atoms with E-state index in [1.54, 1.807) is 7.05 Å². The van der Waals surface area contributed by atoms with Crippen LogP contribution in [-0.4, -0.2) is 36.3 Å². The second-order valence-corrected chi connectivity index (χ2v) is 10.9. The molecule has 3 aromatic rings. The number of hydrogen-bond acceptors (Lipinski definition) is 4. The third-order valence-corrected chi connectivity index (χ3v) is 8.46. The first-order chi connectivity index (χ1) is 13.8. The van der Waals surface area contributed by atoms with E-state index in [0.717, 1.165) is 27.5 Å². The summed E-state index contributed by atoms with van der Waals surface area (Å²) in [5, 5.41) is 0. The van der Waals surface area contributed by atoms with Gasteiger partial charge in [0.2, 0.25) is 10.0 Å². The van der Waals surface area contributed by atoms with Crippen molar-refractivity contribution in [3.05, 3.63) is 57.3 Å². The van der Waals surface area contributed by atoms with Crippen LogP contribution in [0.3, 0.4) is 0 Å². The monoisotopic (exact) mass is 493 g/mol. The van der Waals surface area contributed by atoms with E-state index in [1.165, 1.54) is 39.9 Å². The summed E-state index contributed by atoms with van der Waals surface area (Å²) >= 11 is 4.92. The molecule has 1 amide bonds. The Bertz CT molecular complexity index is 1260. The third kappa shape index (κ3) is 3.96. The fraction of sp³-hybridized carbons (Fsp3) is 0.300. The second kappa shape index (κ2) is 7.79. The molecule has 0 N–H and O–H groups in total. The number of carbonyl (C=O) groups excluding carboxylic acids is 1. The van der Waals surface area contributed by atoms with Gasteiger partial charge in [0.25, 0.3) is 5.91 Å². The molecule has 152 valence electrons. The molecule has 0 aliphatic heterocycles. The highest BCUT2D eigenvalue weighted by molar-refractivity contribution is 9.10. The first-order valence-electron chi connectivity index (χ1n) is 9.27. The van der Waals surface area contributed by atoms with Crippen molar-refractivity contribution in [2.24, 2.45) is 4.99 Å². The Morgan fingerprint density at radius 2 is 1.93 bits per heavy atom. The lowest BCUT2D eigenvalue weighted by atomic mass is 10.2. The third-order valence-electron chi connectivity index (χ3n) is 5.00. The van der Waals surface area contributed by atoms with Crippen LogP contribution < -0.4 is 4.80 Å². The van der Waals surface area contributed by atoms with Gasteiger partial charge in [-0.2, -0.15) is 9.30 Å². The summed E-state index contributed by atoms with van der Waals surface area (Å²) in [5.74, 6) is -0.391. The first kappa shape index (κ1) is 20.5. The topological polar surface area (TPSA) is 71.7 Å². The summed E-state index contributed by atoms with van der Waals surface area (Å²) in [7, 11) is -1.92. The summed E-state index contributed by atoms with van der Waals surface area (Å²) in [6, 6.07) is 12.1. The van der Waals surface area contributed by atoms with Gasteiger partial charge < -0.3 is 4.57 Å². The molecule has 1 aliphatic rings. The number of sulfonamides is 1. The van der Waals surface area contributed by atoms with Crippen molar-refractivity contribution in [1.82, 2.24) is 8.87 Å².